The van der Waals surface area contributed by atoms with Gasteiger partial charge >= 0.3 is 0 Å². The zero-order chi connectivity index (χ0) is 25.7. The van der Waals surface area contributed by atoms with Crippen LogP contribution in [0, 0.1) is 0 Å². The minimum Gasteiger partial charge on any atom is -0.496 e. The summed E-state index contributed by atoms with van der Waals surface area (Å²) in [4.78, 5) is 4.28. The molecule has 0 aliphatic rings. The van der Waals surface area contributed by atoms with Gasteiger partial charge in [0, 0.05) is 50.7 Å². The van der Waals surface area contributed by atoms with Crippen molar-refractivity contribution in [3.05, 3.63) is 84.9 Å². The molecule has 0 amide bonds. The third kappa shape index (κ3) is 5.84. The van der Waals surface area contributed by atoms with E-state index < -0.39 is 0 Å². The number of methoxy groups -OCH3 is 2. The first-order valence-corrected chi connectivity index (χ1v) is 13.8. The van der Waals surface area contributed by atoms with Gasteiger partial charge in [0.05, 0.1) is 14.2 Å². The SMILES string of the molecule is COc1cccc(Pc2cccc(N(C)C)c2)c1-c1c(OC)cccc1Pc1cccc(N(C)C)c1. The maximum absolute atomic E-state index is 5.93. The summed E-state index contributed by atoms with van der Waals surface area (Å²) >= 11 is 0. The van der Waals surface area contributed by atoms with Gasteiger partial charge in [-0.05, 0) is 57.6 Å². The van der Waals surface area contributed by atoms with Gasteiger partial charge in [-0.3, -0.25) is 0 Å². The zero-order valence-electron chi connectivity index (χ0n) is 21.8. The van der Waals surface area contributed by atoms with E-state index in [1.807, 2.05) is 12.1 Å². The van der Waals surface area contributed by atoms with E-state index in [-0.39, 0.29) is 0 Å². The van der Waals surface area contributed by atoms with Crippen molar-refractivity contribution < 1.29 is 9.47 Å². The first-order valence-electron chi connectivity index (χ1n) is 11.8. The topological polar surface area (TPSA) is 24.9 Å². The number of rotatable bonds is 9. The molecule has 0 aliphatic heterocycles. The molecule has 0 aromatic heterocycles. The van der Waals surface area contributed by atoms with E-state index in [4.69, 9.17) is 9.47 Å². The van der Waals surface area contributed by atoms with Crippen molar-refractivity contribution in [3.8, 4) is 22.6 Å². The van der Waals surface area contributed by atoms with Gasteiger partial charge in [0.1, 0.15) is 11.5 Å². The molecule has 4 aromatic carbocycles. The Morgan fingerprint density at radius 2 is 0.917 bits per heavy atom. The Bertz CT molecular complexity index is 1240. The third-order valence-electron chi connectivity index (χ3n) is 6.03. The van der Waals surface area contributed by atoms with Crippen LogP contribution < -0.4 is 40.5 Å². The quantitative estimate of drug-likeness (QED) is 0.300. The van der Waals surface area contributed by atoms with Gasteiger partial charge in [-0.2, -0.15) is 0 Å². The largest absolute Gasteiger partial charge is 0.496 e. The Morgan fingerprint density at radius 3 is 1.28 bits per heavy atom. The van der Waals surface area contributed by atoms with E-state index in [9.17, 15) is 0 Å². The van der Waals surface area contributed by atoms with E-state index in [0.717, 1.165) is 22.6 Å². The van der Waals surface area contributed by atoms with Crippen LogP contribution in [0.3, 0.4) is 0 Å². The lowest BCUT2D eigenvalue weighted by Crippen LogP contribution is -2.16. The number of hydrogen-bond donors (Lipinski definition) is 0. The standard InChI is InChI=1S/C30H34N2O2P2/c1-31(2)21-11-7-13-23(19-21)35-27-17-9-15-25(33-5)29(27)30-26(34-6)16-10-18-28(30)36-24-14-8-12-22(20-24)32(3)4/h7-20,35-36H,1-6H3. The van der Waals surface area contributed by atoms with Crippen LogP contribution in [0.2, 0.25) is 0 Å². The van der Waals surface area contributed by atoms with E-state index in [0.29, 0.717) is 17.2 Å². The van der Waals surface area contributed by atoms with Crippen molar-refractivity contribution in [1.82, 2.24) is 0 Å². The Morgan fingerprint density at radius 1 is 0.528 bits per heavy atom. The summed E-state index contributed by atoms with van der Waals surface area (Å²) in [6, 6.07) is 30.2. The molecule has 186 valence electrons. The van der Waals surface area contributed by atoms with Crippen LogP contribution in [0.4, 0.5) is 11.4 Å². The van der Waals surface area contributed by atoms with Gasteiger partial charge in [0.25, 0.3) is 0 Å². The van der Waals surface area contributed by atoms with E-state index in [1.54, 1.807) is 14.2 Å². The lowest BCUT2D eigenvalue weighted by molar-refractivity contribution is 0.411. The highest BCUT2D eigenvalue weighted by Gasteiger charge is 2.20. The lowest BCUT2D eigenvalue weighted by atomic mass is 10.0. The minimum atomic E-state index is 0.480. The Balaban J connectivity index is 1.85. The summed E-state index contributed by atoms with van der Waals surface area (Å²) in [5.74, 6) is 1.72. The second kappa shape index (κ2) is 11.8. The third-order valence-corrected chi connectivity index (χ3v) is 8.60. The minimum absolute atomic E-state index is 0.480. The smallest absolute Gasteiger partial charge is 0.127 e. The molecule has 0 saturated heterocycles. The number of nitrogens with zero attached hydrogens (tertiary/aromatic N) is 2. The fraction of sp³-hybridized carbons (Fsp3) is 0.200. The molecule has 36 heavy (non-hydrogen) atoms. The highest BCUT2D eigenvalue weighted by molar-refractivity contribution is 7.56. The van der Waals surface area contributed by atoms with Crippen LogP contribution in [0.15, 0.2) is 84.9 Å². The molecule has 4 aromatic rings. The average Bonchev–Trinajstić information content (AvgIpc) is 2.89. The fourth-order valence-corrected chi connectivity index (χ4v) is 6.69. The van der Waals surface area contributed by atoms with Crippen LogP contribution >= 0.6 is 17.2 Å². The average molecular weight is 517 g/mol. The molecule has 0 aliphatic carbocycles. The number of benzene rings is 4. The predicted molar refractivity (Wildman–Crippen MR) is 162 cm³/mol. The Kier molecular flexibility index (Phi) is 8.52. The maximum atomic E-state index is 5.93. The van der Waals surface area contributed by atoms with Gasteiger partial charge < -0.3 is 19.3 Å². The fourth-order valence-electron chi connectivity index (χ4n) is 4.16. The molecule has 0 fully saturated rings. The maximum Gasteiger partial charge on any atom is 0.127 e. The lowest BCUT2D eigenvalue weighted by Gasteiger charge is -2.21. The molecule has 0 bridgehead atoms. The Labute approximate surface area is 218 Å². The summed E-state index contributed by atoms with van der Waals surface area (Å²) in [6.07, 6.45) is 0. The second-order valence-corrected chi connectivity index (χ2v) is 11.6. The van der Waals surface area contributed by atoms with Crippen LogP contribution in [0.1, 0.15) is 0 Å². The molecule has 6 heteroatoms. The normalized spacial score (nSPS) is 11.4. The van der Waals surface area contributed by atoms with Crippen molar-refractivity contribution in [2.45, 2.75) is 0 Å². The molecule has 0 saturated carbocycles. The van der Waals surface area contributed by atoms with E-state index in [1.165, 1.54) is 32.6 Å². The van der Waals surface area contributed by atoms with E-state index >= 15 is 0 Å². The summed E-state index contributed by atoms with van der Waals surface area (Å²) in [5, 5.41) is 5.05. The molecule has 2 atom stereocenters. The molecule has 4 rings (SSSR count). The van der Waals surface area contributed by atoms with Crippen LogP contribution in [-0.4, -0.2) is 42.4 Å². The van der Waals surface area contributed by atoms with Crippen molar-refractivity contribution in [2.24, 2.45) is 0 Å². The first kappa shape index (κ1) is 26.0. The van der Waals surface area contributed by atoms with Gasteiger partial charge in [-0.25, -0.2) is 0 Å². The summed E-state index contributed by atoms with van der Waals surface area (Å²) < 4.78 is 11.9. The number of hydrogen-bond acceptors (Lipinski definition) is 4. The second-order valence-electron chi connectivity index (χ2n) is 8.91. The van der Waals surface area contributed by atoms with Gasteiger partial charge in [-0.15, -0.1) is 0 Å². The summed E-state index contributed by atoms with van der Waals surface area (Å²) in [6.45, 7) is 0. The van der Waals surface area contributed by atoms with Crippen molar-refractivity contribution >= 4 is 49.8 Å². The predicted octanol–water partition coefficient (Wildman–Crippen LogP) is 4.76. The monoisotopic (exact) mass is 516 g/mol. The van der Waals surface area contributed by atoms with Gasteiger partial charge in [0.2, 0.25) is 0 Å². The molecule has 0 radical (unpaired) electrons. The molecular weight excluding hydrogens is 482 g/mol. The summed E-state index contributed by atoms with van der Waals surface area (Å²) in [5.41, 5.74) is 4.61. The van der Waals surface area contributed by atoms with Gasteiger partial charge in [-0.1, -0.05) is 65.7 Å². The molecule has 0 heterocycles. The first-order chi connectivity index (χ1) is 17.4. The van der Waals surface area contributed by atoms with Gasteiger partial charge in [0.15, 0.2) is 0 Å². The highest BCUT2D eigenvalue weighted by Crippen LogP contribution is 2.39. The zero-order valence-corrected chi connectivity index (χ0v) is 23.8. The summed E-state index contributed by atoms with van der Waals surface area (Å²) in [7, 11) is 12.8. The molecular formula is C30H34N2O2P2. The molecule has 2 unspecified atom stereocenters. The van der Waals surface area contributed by atoms with E-state index in [2.05, 4.69) is 111 Å². The van der Waals surface area contributed by atoms with Crippen molar-refractivity contribution in [2.75, 3.05) is 52.2 Å². The number of anilines is 2. The van der Waals surface area contributed by atoms with Crippen LogP contribution in [0.25, 0.3) is 11.1 Å². The molecule has 0 spiro atoms. The Hall–Kier alpha value is -3.06. The van der Waals surface area contributed by atoms with Crippen LogP contribution in [-0.2, 0) is 0 Å². The van der Waals surface area contributed by atoms with Crippen LogP contribution in [0.5, 0.6) is 11.5 Å². The van der Waals surface area contributed by atoms with Crippen molar-refractivity contribution in [1.29, 1.82) is 0 Å². The number of ether oxygens (including phenoxy) is 2. The highest BCUT2D eigenvalue weighted by atomic mass is 31.1. The van der Waals surface area contributed by atoms with Crippen molar-refractivity contribution in [3.63, 3.8) is 0 Å². The molecule has 0 N–H and O–H groups in total. The molecule has 4 nitrogen and oxygen atoms in total.